The molecule has 114 valence electrons. The van der Waals surface area contributed by atoms with Crippen molar-refractivity contribution in [2.24, 2.45) is 7.05 Å². The Morgan fingerprint density at radius 3 is 2.91 bits per heavy atom. The Morgan fingerprint density at radius 1 is 1.26 bits per heavy atom. The van der Waals surface area contributed by atoms with Crippen LogP contribution in [0.4, 0.5) is 0 Å². The first-order chi connectivity index (χ1) is 11.1. The van der Waals surface area contributed by atoms with Gasteiger partial charge in [-0.15, -0.1) is 0 Å². The molecule has 0 aliphatic carbocycles. The van der Waals surface area contributed by atoms with Gasteiger partial charge in [0.2, 0.25) is 11.5 Å². The summed E-state index contributed by atoms with van der Waals surface area (Å²) in [5.41, 5.74) is 1.81. The Balaban J connectivity index is 1.84. The molecule has 2 aromatic heterocycles. The standard InChI is InChI=1S/C17H12N2O4/c1-19-8-9(10-3-2-6-18-17(10)19)7-13-14(21)11-4-5-12(20)15(22)16(11)23-13/h2-8,20,22H,1H3/b13-7+. The normalized spacial score (nSPS) is 15.2. The first-order valence-electron chi connectivity index (χ1n) is 6.95. The lowest BCUT2D eigenvalue weighted by molar-refractivity contribution is 0.101. The lowest BCUT2D eigenvalue weighted by Gasteiger charge is -2.02. The van der Waals surface area contributed by atoms with Crippen molar-refractivity contribution < 1.29 is 19.7 Å². The van der Waals surface area contributed by atoms with Crippen LogP contribution in [0.1, 0.15) is 15.9 Å². The van der Waals surface area contributed by atoms with Gasteiger partial charge in [0.1, 0.15) is 5.65 Å². The summed E-state index contributed by atoms with van der Waals surface area (Å²) in [7, 11) is 1.87. The van der Waals surface area contributed by atoms with Crippen LogP contribution in [0.25, 0.3) is 17.1 Å². The minimum Gasteiger partial charge on any atom is -0.504 e. The van der Waals surface area contributed by atoms with Gasteiger partial charge in [-0.2, -0.15) is 0 Å². The van der Waals surface area contributed by atoms with E-state index in [4.69, 9.17) is 4.74 Å². The van der Waals surface area contributed by atoms with Crippen molar-refractivity contribution in [3.8, 4) is 17.2 Å². The molecule has 3 heterocycles. The Labute approximate surface area is 130 Å². The van der Waals surface area contributed by atoms with Gasteiger partial charge in [0.15, 0.2) is 17.3 Å². The molecule has 0 bridgehead atoms. The van der Waals surface area contributed by atoms with Gasteiger partial charge in [-0.1, -0.05) is 0 Å². The van der Waals surface area contributed by atoms with Crippen LogP contribution in [0.15, 0.2) is 42.4 Å². The van der Waals surface area contributed by atoms with Crippen LogP contribution in [-0.2, 0) is 7.05 Å². The number of hydrogen-bond acceptors (Lipinski definition) is 5. The van der Waals surface area contributed by atoms with Gasteiger partial charge in [0.25, 0.3) is 0 Å². The maximum atomic E-state index is 12.4. The van der Waals surface area contributed by atoms with Gasteiger partial charge in [-0.25, -0.2) is 4.98 Å². The number of carbonyl (C=O) groups excluding carboxylic acids is 1. The largest absolute Gasteiger partial charge is 0.504 e. The predicted molar refractivity (Wildman–Crippen MR) is 83.4 cm³/mol. The fraction of sp³-hybridized carbons (Fsp3) is 0.0588. The molecule has 23 heavy (non-hydrogen) atoms. The molecule has 0 fully saturated rings. The Morgan fingerprint density at radius 2 is 2.09 bits per heavy atom. The van der Waals surface area contributed by atoms with Crippen LogP contribution in [0.3, 0.4) is 0 Å². The number of fused-ring (bicyclic) bond motifs is 2. The number of rotatable bonds is 1. The second kappa shape index (κ2) is 4.61. The van der Waals surface area contributed by atoms with E-state index >= 15 is 0 Å². The molecule has 0 unspecified atom stereocenters. The van der Waals surface area contributed by atoms with Gasteiger partial charge in [-0.3, -0.25) is 4.79 Å². The van der Waals surface area contributed by atoms with Crippen molar-refractivity contribution in [1.29, 1.82) is 0 Å². The fourth-order valence-corrected chi connectivity index (χ4v) is 2.73. The van der Waals surface area contributed by atoms with Crippen molar-refractivity contribution in [1.82, 2.24) is 9.55 Å². The van der Waals surface area contributed by atoms with Gasteiger partial charge in [0.05, 0.1) is 5.56 Å². The van der Waals surface area contributed by atoms with Crippen molar-refractivity contribution in [3.63, 3.8) is 0 Å². The number of ether oxygens (including phenoxy) is 1. The van der Waals surface area contributed by atoms with E-state index in [0.29, 0.717) is 0 Å². The highest BCUT2D eigenvalue weighted by Crippen LogP contribution is 2.44. The van der Waals surface area contributed by atoms with Crippen molar-refractivity contribution in [3.05, 3.63) is 53.5 Å². The average molecular weight is 308 g/mol. The fourth-order valence-electron chi connectivity index (χ4n) is 2.73. The number of aryl methyl sites for hydroxylation is 1. The quantitative estimate of drug-likeness (QED) is 0.533. The molecule has 0 saturated carbocycles. The van der Waals surface area contributed by atoms with Gasteiger partial charge >= 0.3 is 0 Å². The number of ketones is 1. The molecular formula is C17H12N2O4. The lowest BCUT2D eigenvalue weighted by Crippen LogP contribution is -1.97. The van der Waals surface area contributed by atoms with Crippen LogP contribution in [-0.4, -0.2) is 25.5 Å². The molecule has 0 amide bonds. The molecule has 4 rings (SSSR count). The maximum Gasteiger partial charge on any atom is 0.232 e. The summed E-state index contributed by atoms with van der Waals surface area (Å²) in [6, 6.07) is 6.42. The predicted octanol–water partition coefficient (Wildman–Crippen LogP) is 2.60. The van der Waals surface area contributed by atoms with E-state index in [1.807, 2.05) is 29.9 Å². The highest BCUT2D eigenvalue weighted by Gasteiger charge is 2.31. The monoisotopic (exact) mass is 308 g/mol. The minimum absolute atomic E-state index is 0.0142. The van der Waals surface area contributed by atoms with Crippen LogP contribution in [0.5, 0.6) is 17.2 Å². The van der Waals surface area contributed by atoms with E-state index < -0.39 is 5.75 Å². The van der Waals surface area contributed by atoms with E-state index in [-0.39, 0.29) is 28.6 Å². The molecule has 1 aliphatic rings. The highest BCUT2D eigenvalue weighted by atomic mass is 16.5. The summed E-state index contributed by atoms with van der Waals surface area (Å²) in [5, 5.41) is 20.2. The highest BCUT2D eigenvalue weighted by molar-refractivity contribution is 6.15. The summed E-state index contributed by atoms with van der Waals surface area (Å²) in [5.74, 6) is -1.01. The Hall–Kier alpha value is -3.28. The summed E-state index contributed by atoms with van der Waals surface area (Å²) in [6.45, 7) is 0. The van der Waals surface area contributed by atoms with Crippen molar-refractivity contribution in [2.75, 3.05) is 0 Å². The summed E-state index contributed by atoms with van der Waals surface area (Å²) in [4.78, 5) is 16.7. The third-order valence-corrected chi connectivity index (χ3v) is 3.84. The van der Waals surface area contributed by atoms with Crippen LogP contribution in [0, 0.1) is 0 Å². The molecule has 2 N–H and O–H groups in total. The number of aromatic hydroxyl groups is 2. The van der Waals surface area contributed by atoms with Crippen LogP contribution in [0.2, 0.25) is 0 Å². The number of aromatic nitrogens is 2. The first-order valence-corrected chi connectivity index (χ1v) is 6.95. The molecule has 1 aliphatic heterocycles. The molecule has 3 aromatic rings. The number of hydrogen-bond donors (Lipinski definition) is 2. The van der Waals surface area contributed by atoms with Crippen LogP contribution < -0.4 is 4.74 Å². The minimum atomic E-state index is -0.432. The molecule has 6 nitrogen and oxygen atoms in total. The molecule has 0 atom stereocenters. The molecular weight excluding hydrogens is 296 g/mol. The van der Waals surface area contributed by atoms with E-state index in [0.717, 1.165) is 16.6 Å². The summed E-state index contributed by atoms with van der Waals surface area (Å²) < 4.78 is 7.32. The van der Waals surface area contributed by atoms with Crippen LogP contribution >= 0.6 is 0 Å². The molecule has 6 heteroatoms. The van der Waals surface area contributed by atoms with Gasteiger partial charge in [-0.05, 0) is 30.3 Å². The van der Waals surface area contributed by atoms with Gasteiger partial charge < -0.3 is 19.5 Å². The number of phenolic OH excluding ortho intramolecular Hbond substituents is 2. The maximum absolute atomic E-state index is 12.4. The first kappa shape index (κ1) is 13.4. The number of phenols is 2. The smallest absolute Gasteiger partial charge is 0.232 e. The van der Waals surface area contributed by atoms with E-state index in [9.17, 15) is 15.0 Å². The van der Waals surface area contributed by atoms with Crippen molar-refractivity contribution >= 4 is 22.9 Å². The SMILES string of the molecule is Cn1cc(/C=C2/Oc3c(ccc(O)c3O)C2=O)c2cccnc21. The van der Waals surface area contributed by atoms with Crippen molar-refractivity contribution in [2.45, 2.75) is 0 Å². The zero-order valence-electron chi connectivity index (χ0n) is 12.1. The number of nitrogens with zero attached hydrogens (tertiary/aromatic N) is 2. The summed E-state index contributed by atoms with van der Waals surface area (Å²) >= 11 is 0. The third-order valence-electron chi connectivity index (χ3n) is 3.84. The third kappa shape index (κ3) is 1.88. The number of benzene rings is 1. The molecule has 0 radical (unpaired) electrons. The second-order valence-corrected chi connectivity index (χ2v) is 5.32. The Kier molecular flexibility index (Phi) is 2.68. The Bertz CT molecular complexity index is 1000. The average Bonchev–Trinajstić information content (AvgIpc) is 3.03. The van der Waals surface area contributed by atoms with E-state index in [1.54, 1.807) is 12.3 Å². The molecule has 1 aromatic carbocycles. The molecule has 0 saturated heterocycles. The number of carbonyl (C=O) groups is 1. The van der Waals surface area contributed by atoms with E-state index in [1.165, 1.54) is 12.1 Å². The molecule has 0 spiro atoms. The number of pyridine rings is 1. The lowest BCUT2D eigenvalue weighted by atomic mass is 10.1. The topological polar surface area (TPSA) is 84.6 Å². The number of allylic oxidation sites excluding steroid dienone is 1. The zero-order valence-corrected chi connectivity index (χ0v) is 12.1. The van der Waals surface area contributed by atoms with Gasteiger partial charge in [0, 0.05) is 30.4 Å². The zero-order chi connectivity index (χ0) is 16.1. The van der Waals surface area contributed by atoms with E-state index in [2.05, 4.69) is 4.98 Å². The summed E-state index contributed by atoms with van der Waals surface area (Å²) in [6.07, 6.45) is 5.16. The number of Topliss-reactive ketones (excluding diaryl/α,β-unsaturated/α-hetero) is 1. The second-order valence-electron chi connectivity index (χ2n) is 5.32.